The number of nitrogens with zero attached hydrogens (tertiary/aromatic N) is 2. The molecule has 0 radical (unpaired) electrons. The molecular weight excluding hydrogens is 348 g/mol. The second kappa shape index (κ2) is 7.25. The van der Waals surface area contributed by atoms with Crippen molar-refractivity contribution < 1.29 is 8.42 Å². The molecule has 0 unspecified atom stereocenters. The Morgan fingerprint density at radius 3 is 2.08 bits per heavy atom. The number of rotatable bonds is 5. The van der Waals surface area contributed by atoms with Crippen molar-refractivity contribution in [1.82, 2.24) is 9.55 Å². The lowest BCUT2D eigenvalue weighted by molar-refractivity contribution is 0.581. The number of aromatic nitrogens is 2. The summed E-state index contributed by atoms with van der Waals surface area (Å²) in [6, 6.07) is 18.5. The molecule has 0 bridgehead atoms. The summed E-state index contributed by atoms with van der Waals surface area (Å²) in [5.74, 6) is 0. The number of para-hydroxylation sites is 1. The Morgan fingerprint density at radius 1 is 0.923 bits per heavy atom. The van der Waals surface area contributed by atoms with E-state index in [1.807, 2.05) is 36.4 Å². The zero-order valence-corrected chi connectivity index (χ0v) is 15.5. The molecule has 2 aromatic carbocycles. The highest BCUT2D eigenvalue weighted by Gasteiger charge is 2.21. The molecule has 0 saturated heterocycles. The quantitative estimate of drug-likeness (QED) is 0.650. The second-order valence-corrected chi connectivity index (χ2v) is 8.11. The van der Waals surface area contributed by atoms with E-state index in [1.165, 1.54) is 4.57 Å². The molecule has 0 fully saturated rings. The van der Waals surface area contributed by atoms with Gasteiger partial charge in [0.2, 0.25) is 15.0 Å². The Bertz CT molecular complexity index is 1070. The van der Waals surface area contributed by atoms with Crippen LogP contribution in [-0.2, 0) is 22.7 Å². The molecule has 0 N–H and O–H groups in total. The highest BCUT2D eigenvalue weighted by Crippen LogP contribution is 2.15. The van der Waals surface area contributed by atoms with Crippen LogP contribution in [-0.4, -0.2) is 24.2 Å². The SMILES string of the molecule is Cc1c(CCc2ccccc2)nc(S(C)(=O)=O)n(-c2ccccc2)c1=O. The molecule has 0 aliphatic carbocycles. The lowest BCUT2D eigenvalue weighted by Gasteiger charge is -2.14. The zero-order valence-electron chi connectivity index (χ0n) is 14.7. The highest BCUT2D eigenvalue weighted by molar-refractivity contribution is 7.90. The minimum absolute atomic E-state index is 0.220. The van der Waals surface area contributed by atoms with Crippen molar-refractivity contribution in [3.05, 3.63) is 87.8 Å². The normalized spacial score (nSPS) is 11.5. The number of benzene rings is 2. The van der Waals surface area contributed by atoms with Crippen LogP contribution in [0.1, 0.15) is 16.8 Å². The Hall–Kier alpha value is -2.73. The minimum Gasteiger partial charge on any atom is -0.269 e. The van der Waals surface area contributed by atoms with Crippen LogP contribution < -0.4 is 5.56 Å². The summed E-state index contributed by atoms with van der Waals surface area (Å²) in [5, 5.41) is -0.220. The van der Waals surface area contributed by atoms with Crippen LogP contribution in [0.3, 0.4) is 0 Å². The predicted molar refractivity (Wildman–Crippen MR) is 102 cm³/mol. The summed E-state index contributed by atoms with van der Waals surface area (Å²) < 4.78 is 25.8. The van der Waals surface area contributed by atoms with Crippen molar-refractivity contribution >= 4 is 9.84 Å². The second-order valence-electron chi connectivity index (χ2n) is 6.20. The third kappa shape index (κ3) is 3.75. The van der Waals surface area contributed by atoms with E-state index in [4.69, 9.17) is 0 Å². The van der Waals surface area contributed by atoms with Crippen molar-refractivity contribution in [2.75, 3.05) is 6.26 Å². The van der Waals surface area contributed by atoms with E-state index >= 15 is 0 Å². The van der Waals surface area contributed by atoms with Crippen LogP contribution in [0.2, 0.25) is 0 Å². The van der Waals surface area contributed by atoms with Gasteiger partial charge in [-0.1, -0.05) is 48.5 Å². The molecule has 1 aromatic heterocycles. The van der Waals surface area contributed by atoms with Crippen molar-refractivity contribution in [3.8, 4) is 5.69 Å². The lowest BCUT2D eigenvalue weighted by Crippen LogP contribution is -2.29. The Balaban J connectivity index is 2.11. The van der Waals surface area contributed by atoms with Gasteiger partial charge in [0.25, 0.3) is 5.56 Å². The molecule has 0 atom stereocenters. The summed E-state index contributed by atoms with van der Waals surface area (Å²) in [6.07, 6.45) is 2.26. The first-order valence-corrected chi connectivity index (χ1v) is 10.2. The fourth-order valence-corrected chi connectivity index (χ4v) is 3.63. The molecule has 3 aromatic rings. The Labute approximate surface area is 152 Å². The molecule has 26 heavy (non-hydrogen) atoms. The van der Waals surface area contributed by atoms with Crippen molar-refractivity contribution in [3.63, 3.8) is 0 Å². The van der Waals surface area contributed by atoms with E-state index in [-0.39, 0.29) is 10.7 Å². The maximum Gasteiger partial charge on any atom is 0.262 e. The van der Waals surface area contributed by atoms with Gasteiger partial charge < -0.3 is 0 Å². The maximum absolute atomic E-state index is 12.9. The van der Waals surface area contributed by atoms with Gasteiger partial charge in [-0.3, -0.25) is 9.36 Å². The van der Waals surface area contributed by atoms with Crippen molar-refractivity contribution in [2.24, 2.45) is 0 Å². The zero-order chi connectivity index (χ0) is 18.7. The third-order valence-electron chi connectivity index (χ3n) is 4.22. The van der Waals surface area contributed by atoms with Crippen LogP contribution in [0.5, 0.6) is 0 Å². The molecule has 0 spiro atoms. The predicted octanol–water partition coefficient (Wildman–Crippen LogP) is 2.73. The molecule has 3 rings (SSSR count). The summed E-state index contributed by atoms with van der Waals surface area (Å²) in [7, 11) is -3.67. The van der Waals surface area contributed by atoms with Gasteiger partial charge in [-0.25, -0.2) is 13.4 Å². The maximum atomic E-state index is 12.9. The van der Waals surface area contributed by atoms with Gasteiger partial charge in [-0.2, -0.15) is 0 Å². The van der Waals surface area contributed by atoms with Crippen LogP contribution in [0, 0.1) is 6.92 Å². The lowest BCUT2D eigenvalue weighted by atomic mass is 10.1. The van der Waals surface area contributed by atoms with Crippen LogP contribution in [0.25, 0.3) is 5.69 Å². The smallest absolute Gasteiger partial charge is 0.262 e. The van der Waals surface area contributed by atoms with Crippen molar-refractivity contribution in [1.29, 1.82) is 0 Å². The van der Waals surface area contributed by atoms with Crippen LogP contribution in [0.4, 0.5) is 0 Å². The van der Waals surface area contributed by atoms with Gasteiger partial charge in [0.15, 0.2) is 0 Å². The number of hydrogen-bond donors (Lipinski definition) is 0. The fourth-order valence-electron chi connectivity index (χ4n) is 2.83. The number of sulfone groups is 1. The van der Waals surface area contributed by atoms with Gasteiger partial charge in [0.05, 0.1) is 11.4 Å². The van der Waals surface area contributed by atoms with E-state index < -0.39 is 9.84 Å². The molecule has 0 aliphatic heterocycles. The van der Waals surface area contributed by atoms with E-state index in [0.29, 0.717) is 29.8 Å². The first-order valence-electron chi connectivity index (χ1n) is 8.30. The topological polar surface area (TPSA) is 69.0 Å². The summed E-state index contributed by atoms with van der Waals surface area (Å²) in [4.78, 5) is 17.3. The number of hydrogen-bond acceptors (Lipinski definition) is 4. The van der Waals surface area contributed by atoms with E-state index in [9.17, 15) is 13.2 Å². The largest absolute Gasteiger partial charge is 0.269 e. The van der Waals surface area contributed by atoms with E-state index in [2.05, 4.69) is 4.98 Å². The molecule has 0 saturated carbocycles. The van der Waals surface area contributed by atoms with E-state index in [0.717, 1.165) is 11.8 Å². The van der Waals surface area contributed by atoms with Crippen LogP contribution in [0.15, 0.2) is 70.6 Å². The van der Waals surface area contributed by atoms with Crippen LogP contribution >= 0.6 is 0 Å². The molecule has 0 aliphatic rings. The molecule has 1 heterocycles. The number of aryl methyl sites for hydroxylation is 2. The standard InChI is InChI=1S/C20H20N2O3S/c1-15-18(14-13-16-9-5-3-6-10-16)21-20(26(2,24)25)22(19(15)23)17-11-7-4-8-12-17/h3-12H,13-14H2,1-2H3. The average molecular weight is 368 g/mol. The molecule has 5 nitrogen and oxygen atoms in total. The molecule has 6 heteroatoms. The molecule has 0 amide bonds. The van der Waals surface area contributed by atoms with Gasteiger partial charge in [0, 0.05) is 11.8 Å². The first kappa shape index (κ1) is 18.1. The highest BCUT2D eigenvalue weighted by atomic mass is 32.2. The van der Waals surface area contributed by atoms with Gasteiger partial charge in [-0.15, -0.1) is 0 Å². The van der Waals surface area contributed by atoms with E-state index in [1.54, 1.807) is 31.2 Å². The Morgan fingerprint density at radius 2 is 1.50 bits per heavy atom. The van der Waals surface area contributed by atoms with Crippen molar-refractivity contribution in [2.45, 2.75) is 24.9 Å². The first-order chi connectivity index (χ1) is 12.4. The fraction of sp³-hybridized carbons (Fsp3) is 0.200. The monoisotopic (exact) mass is 368 g/mol. The summed E-state index contributed by atoms with van der Waals surface area (Å²) in [5.41, 5.74) is 2.24. The average Bonchev–Trinajstić information content (AvgIpc) is 2.63. The molecular formula is C20H20N2O3S. The van der Waals surface area contributed by atoms with Gasteiger partial charge in [-0.05, 0) is 37.5 Å². The van der Waals surface area contributed by atoms with Gasteiger partial charge >= 0.3 is 0 Å². The summed E-state index contributed by atoms with van der Waals surface area (Å²) >= 11 is 0. The minimum atomic E-state index is -3.67. The third-order valence-corrected chi connectivity index (χ3v) is 5.16. The summed E-state index contributed by atoms with van der Waals surface area (Å²) in [6.45, 7) is 1.70. The molecule has 134 valence electrons. The van der Waals surface area contributed by atoms with Gasteiger partial charge in [0.1, 0.15) is 0 Å². The Kier molecular flexibility index (Phi) is 5.04.